The normalized spacial score (nSPS) is 19.6. The number of nitrogens with two attached hydrogens (primary N) is 1. The van der Waals surface area contributed by atoms with Crippen molar-refractivity contribution in [1.29, 1.82) is 0 Å². The van der Waals surface area contributed by atoms with E-state index in [-0.39, 0.29) is 12.1 Å². The number of piperazine rings is 1. The first-order valence-electron chi connectivity index (χ1n) is 7.59. The predicted molar refractivity (Wildman–Crippen MR) is 81.4 cm³/mol. The summed E-state index contributed by atoms with van der Waals surface area (Å²) in [4.78, 5) is 4.17. The van der Waals surface area contributed by atoms with Crippen molar-refractivity contribution in [3.8, 4) is 0 Å². The first-order chi connectivity index (χ1) is 10.0. The lowest BCUT2D eigenvalue weighted by atomic mass is 10.1. The number of nitrogens with zero attached hydrogens (tertiary/aromatic N) is 2. The second-order valence-electron chi connectivity index (χ2n) is 5.99. The molecule has 0 bridgehead atoms. The molecule has 1 saturated heterocycles. The highest BCUT2D eigenvalue weighted by Crippen LogP contribution is 2.29. The number of hydrogen-bond acceptors (Lipinski definition) is 3. The summed E-state index contributed by atoms with van der Waals surface area (Å²) >= 11 is 0. The molecule has 0 saturated carbocycles. The molecular weight excluding hydrogens is 272 g/mol. The van der Waals surface area contributed by atoms with Gasteiger partial charge in [0.25, 0.3) is 5.92 Å². The van der Waals surface area contributed by atoms with E-state index in [1.165, 1.54) is 12.1 Å². The van der Waals surface area contributed by atoms with Crippen LogP contribution in [0.25, 0.3) is 0 Å². The van der Waals surface area contributed by atoms with E-state index in [2.05, 4.69) is 11.8 Å². The minimum atomic E-state index is -2.78. The molecule has 2 N–H and O–H groups in total. The Labute approximate surface area is 125 Å². The van der Waals surface area contributed by atoms with E-state index in [4.69, 9.17) is 5.73 Å². The maximum absolute atomic E-state index is 14.2. The molecule has 3 nitrogen and oxygen atoms in total. The largest absolute Gasteiger partial charge is 0.330 e. The van der Waals surface area contributed by atoms with Crippen molar-refractivity contribution in [2.75, 3.05) is 45.8 Å². The smallest absolute Gasteiger partial charge is 0.285 e. The van der Waals surface area contributed by atoms with E-state index < -0.39 is 5.92 Å². The molecule has 0 spiro atoms. The standard InChI is InChI=1S/C16H25F2N3/c1-14(11-19)12-20-7-9-21(10-8-20)13-16(17,18)15-5-3-2-4-6-15/h2-6,14H,7-13,19H2,1H3. The Morgan fingerprint density at radius 3 is 2.24 bits per heavy atom. The van der Waals surface area contributed by atoms with Gasteiger partial charge in [-0.05, 0) is 12.5 Å². The van der Waals surface area contributed by atoms with Crippen LogP contribution in [0.5, 0.6) is 0 Å². The van der Waals surface area contributed by atoms with Crippen LogP contribution in [0.1, 0.15) is 12.5 Å². The van der Waals surface area contributed by atoms with Crippen molar-refractivity contribution in [2.45, 2.75) is 12.8 Å². The summed E-state index contributed by atoms with van der Waals surface area (Å²) in [6.07, 6.45) is 0. The number of rotatable bonds is 6. The van der Waals surface area contributed by atoms with Crippen LogP contribution in [0.2, 0.25) is 0 Å². The predicted octanol–water partition coefficient (Wildman–Crippen LogP) is 1.99. The lowest BCUT2D eigenvalue weighted by Gasteiger charge is -2.37. The van der Waals surface area contributed by atoms with Crippen molar-refractivity contribution < 1.29 is 8.78 Å². The summed E-state index contributed by atoms with van der Waals surface area (Å²) in [5.74, 6) is -2.32. The number of benzene rings is 1. The Balaban J connectivity index is 1.83. The summed E-state index contributed by atoms with van der Waals surface area (Å²) in [6.45, 7) is 6.63. The second kappa shape index (κ2) is 7.29. The summed E-state index contributed by atoms with van der Waals surface area (Å²) in [7, 11) is 0. The van der Waals surface area contributed by atoms with Crippen molar-refractivity contribution in [2.24, 2.45) is 11.7 Å². The molecule has 2 rings (SSSR count). The minimum absolute atomic E-state index is 0.101. The zero-order chi connectivity index (χ0) is 15.3. The van der Waals surface area contributed by atoms with Crippen LogP contribution in [-0.4, -0.2) is 55.6 Å². The fraction of sp³-hybridized carbons (Fsp3) is 0.625. The number of halogens is 2. The van der Waals surface area contributed by atoms with E-state index in [0.29, 0.717) is 25.6 Å². The molecule has 1 aromatic carbocycles. The lowest BCUT2D eigenvalue weighted by Crippen LogP contribution is -2.50. The first-order valence-corrected chi connectivity index (χ1v) is 7.59. The monoisotopic (exact) mass is 297 g/mol. The van der Waals surface area contributed by atoms with Crippen LogP contribution in [0.15, 0.2) is 30.3 Å². The van der Waals surface area contributed by atoms with Gasteiger partial charge in [-0.1, -0.05) is 37.3 Å². The van der Waals surface area contributed by atoms with Crippen molar-refractivity contribution in [3.05, 3.63) is 35.9 Å². The van der Waals surface area contributed by atoms with Gasteiger partial charge < -0.3 is 10.6 Å². The molecule has 1 heterocycles. The van der Waals surface area contributed by atoms with E-state index in [9.17, 15) is 8.78 Å². The molecule has 21 heavy (non-hydrogen) atoms. The zero-order valence-corrected chi connectivity index (χ0v) is 12.6. The Morgan fingerprint density at radius 2 is 1.67 bits per heavy atom. The Morgan fingerprint density at radius 1 is 1.10 bits per heavy atom. The zero-order valence-electron chi connectivity index (χ0n) is 12.6. The molecule has 0 amide bonds. The van der Waals surface area contributed by atoms with Crippen molar-refractivity contribution in [3.63, 3.8) is 0 Å². The fourth-order valence-electron chi connectivity index (χ4n) is 2.70. The molecule has 1 aromatic rings. The maximum Gasteiger partial charge on any atom is 0.285 e. The van der Waals surface area contributed by atoms with Gasteiger partial charge in [0.2, 0.25) is 0 Å². The van der Waals surface area contributed by atoms with Crippen LogP contribution in [0, 0.1) is 5.92 Å². The van der Waals surface area contributed by atoms with Crippen LogP contribution in [-0.2, 0) is 5.92 Å². The van der Waals surface area contributed by atoms with Crippen LogP contribution >= 0.6 is 0 Å². The van der Waals surface area contributed by atoms with Gasteiger partial charge in [0, 0.05) is 38.3 Å². The topological polar surface area (TPSA) is 32.5 Å². The highest BCUT2D eigenvalue weighted by molar-refractivity contribution is 5.20. The quantitative estimate of drug-likeness (QED) is 0.871. The van der Waals surface area contributed by atoms with E-state index >= 15 is 0 Å². The molecule has 1 atom stereocenters. The van der Waals surface area contributed by atoms with E-state index in [1.54, 1.807) is 18.2 Å². The molecule has 0 aromatic heterocycles. The van der Waals surface area contributed by atoms with E-state index in [1.807, 2.05) is 4.90 Å². The summed E-state index contributed by atoms with van der Waals surface area (Å²) < 4.78 is 28.5. The lowest BCUT2D eigenvalue weighted by molar-refractivity contribution is -0.0478. The maximum atomic E-state index is 14.2. The Kier molecular flexibility index (Phi) is 5.67. The third-order valence-electron chi connectivity index (χ3n) is 4.06. The van der Waals surface area contributed by atoms with Crippen molar-refractivity contribution >= 4 is 0 Å². The van der Waals surface area contributed by atoms with Gasteiger partial charge in [0.15, 0.2) is 0 Å². The molecule has 0 aliphatic carbocycles. The molecule has 1 aliphatic rings. The van der Waals surface area contributed by atoms with Gasteiger partial charge in [0.05, 0.1) is 6.54 Å². The summed E-state index contributed by atoms with van der Waals surface area (Å²) in [6, 6.07) is 8.08. The van der Waals surface area contributed by atoms with Gasteiger partial charge in [-0.15, -0.1) is 0 Å². The molecule has 1 unspecified atom stereocenters. The van der Waals surface area contributed by atoms with Crippen LogP contribution in [0.4, 0.5) is 8.78 Å². The highest BCUT2D eigenvalue weighted by Gasteiger charge is 2.34. The first kappa shape index (κ1) is 16.3. The molecule has 118 valence electrons. The third kappa shape index (κ3) is 4.73. The van der Waals surface area contributed by atoms with Crippen molar-refractivity contribution in [1.82, 2.24) is 9.80 Å². The SMILES string of the molecule is CC(CN)CN1CCN(CC(F)(F)c2ccccc2)CC1. The van der Waals surface area contributed by atoms with E-state index in [0.717, 1.165) is 19.6 Å². The highest BCUT2D eigenvalue weighted by atomic mass is 19.3. The van der Waals surface area contributed by atoms with Gasteiger partial charge in [0.1, 0.15) is 0 Å². The van der Waals surface area contributed by atoms with Gasteiger partial charge >= 0.3 is 0 Å². The average Bonchev–Trinajstić information content (AvgIpc) is 2.50. The minimum Gasteiger partial charge on any atom is -0.330 e. The van der Waals surface area contributed by atoms with Crippen LogP contribution in [0.3, 0.4) is 0 Å². The fourth-order valence-corrected chi connectivity index (χ4v) is 2.70. The van der Waals surface area contributed by atoms with Crippen LogP contribution < -0.4 is 5.73 Å². The molecular formula is C16H25F2N3. The Bertz CT molecular complexity index is 417. The summed E-state index contributed by atoms with van der Waals surface area (Å²) in [5, 5.41) is 0. The number of alkyl halides is 2. The van der Waals surface area contributed by atoms with Gasteiger partial charge in [-0.25, -0.2) is 0 Å². The Hall–Kier alpha value is -1.04. The van der Waals surface area contributed by atoms with Gasteiger partial charge in [-0.3, -0.25) is 4.90 Å². The molecule has 1 aliphatic heterocycles. The second-order valence-corrected chi connectivity index (χ2v) is 5.99. The third-order valence-corrected chi connectivity index (χ3v) is 4.06. The average molecular weight is 297 g/mol. The molecule has 5 heteroatoms. The molecule has 0 radical (unpaired) electrons. The molecule has 1 fully saturated rings. The van der Waals surface area contributed by atoms with Gasteiger partial charge in [-0.2, -0.15) is 8.78 Å². The number of hydrogen-bond donors (Lipinski definition) is 1. The summed E-state index contributed by atoms with van der Waals surface area (Å²) in [5.41, 5.74) is 5.73.